The molecule has 0 radical (unpaired) electrons. The van der Waals surface area contributed by atoms with E-state index in [-0.39, 0.29) is 23.8 Å². The number of rotatable bonds is 7. The number of carbonyl (C=O) groups is 1. The summed E-state index contributed by atoms with van der Waals surface area (Å²) >= 11 is 0. The summed E-state index contributed by atoms with van der Waals surface area (Å²) in [5, 5.41) is 10.5. The number of piperazine rings is 1. The van der Waals surface area contributed by atoms with Crippen molar-refractivity contribution in [1.82, 2.24) is 19.8 Å². The molecule has 0 bridgehead atoms. The number of fused-ring (bicyclic) bond motifs is 2. The van der Waals surface area contributed by atoms with Crippen molar-refractivity contribution in [2.75, 3.05) is 44.7 Å². The van der Waals surface area contributed by atoms with Crippen molar-refractivity contribution >= 4 is 22.6 Å². The summed E-state index contributed by atoms with van der Waals surface area (Å²) in [6.45, 7) is 11.5. The van der Waals surface area contributed by atoms with Gasteiger partial charge in [-0.25, -0.2) is 0 Å². The van der Waals surface area contributed by atoms with E-state index in [2.05, 4.69) is 79.7 Å². The van der Waals surface area contributed by atoms with E-state index in [0.29, 0.717) is 38.3 Å². The fraction of sp³-hybridized carbons (Fsp3) is 0.471. The van der Waals surface area contributed by atoms with Crippen molar-refractivity contribution in [2.24, 2.45) is 5.41 Å². The average Bonchev–Trinajstić information content (AvgIpc) is 3.54. The van der Waals surface area contributed by atoms with E-state index in [0.717, 1.165) is 48.1 Å². The van der Waals surface area contributed by atoms with E-state index >= 15 is 0 Å². The van der Waals surface area contributed by atoms with Crippen molar-refractivity contribution in [3.8, 4) is 23.2 Å². The molecule has 2 aromatic carbocycles. The molecule has 6 rings (SSSR count). The maximum absolute atomic E-state index is 12.5. The van der Waals surface area contributed by atoms with Gasteiger partial charge in [0.1, 0.15) is 12.4 Å². The molecule has 0 saturated carbocycles. The minimum absolute atomic E-state index is 0.143. The van der Waals surface area contributed by atoms with E-state index in [1.54, 1.807) is 4.90 Å². The van der Waals surface area contributed by atoms with Gasteiger partial charge in [0.15, 0.2) is 0 Å². The molecule has 8 heteroatoms. The van der Waals surface area contributed by atoms with E-state index in [4.69, 9.17) is 14.7 Å². The van der Waals surface area contributed by atoms with Crippen molar-refractivity contribution in [3.63, 3.8) is 0 Å². The number of carbonyl (C=O) groups excluding carboxylic acids is 1. The Bertz CT molecular complexity index is 1560. The van der Waals surface area contributed by atoms with Crippen LogP contribution in [-0.2, 0) is 17.6 Å². The maximum atomic E-state index is 12.5. The fourth-order valence-electron chi connectivity index (χ4n) is 7.00. The van der Waals surface area contributed by atoms with Crippen LogP contribution in [0.4, 0.5) is 5.82 Å². The molecule has 2 aliphatic heterocycles. The van der Waals surface area contributed by atoms with Gasteiger partial charge < -0.3 is 19.4 Å². The Morgan fingerprint density at radius 2 is 2.02 bits per heavy atom. The Hall–Kier alpha value is -3.96. The number of amides is 1. The number of benzene rings is 2. The van der Waals surface area contributed by atoms with Crippen molar-refractivity contribution < 1.29 is 9.53 Å². The first-order valence-electron chi connectivity index (χ1n) is 15.1. The van der Waals surface area contributed by atoms with E-state index < -0.39 is 0 Å². The molecule has 3 aliphatic rings. The van der Waals surface area contributed by atoms with Crippen molar-refractivity contribution in [3.05, 3.63) is 60.2 Å². The van der Waals surface area contributed by atoms with Crippen LogP contribution in [0.1, 0.15) is 44.2 Å². The van der Waals surface area contributed by atoms with Crippen molar-refractivity contribution in [1.29, 1.82) is 5.26 Å². The lowest BCUT2D eigenvalue weighted by molar-refractivity contribution is -0.128. The molecule has 8 nitrogen and oxygen atoms in total. The molecular weight excluding hydrogens is 524 g/mol. The van der Waals surface area contributed by atoms with E-state index in [1.807, 2.05) is 0 Å². The number of nitriles is 1. The van der Waals surface area contributed by atoms with Gasteiger partial charge in [0.25, 0.3) is 0 Å². The monoisotopic (exact) mass is 564 g/mol. The van der Waals surface area contributed by atoms with Gasteiger partial charge in [0, 0.05) is 31.1 Å². The smallest absolute Gasteiger partial charge is 0.319 e. The predicted molar refractivity (Wildman–Crippen MR) is 165 cm³/mol. The van der Waals surface area contributed by atoms with Gasteiger partial charge in [-0.15, -0.1) is 0 Å². The highest BCUT2D eigenvalue weighted by atomic mass is 16.5. The Morgan fingerprint density at radius 1 is 1.17 bits per heavy atom. The number of likely N-dealkylation sites (tertiary alicyclic amines) is 1. The third kappa shape index (κ3) is 5.46. The summed E-state index contributed by atoms with van der Waals surface area (Å²) in [5.41, 5.74) is 6.37. The second kappa shape index (κ2) is 11.4. The second-order valence-electron chi connectivity index (χ2n) is 12.8. The number of likely N-dealkylation sites (N-methyl/N-ethyl adjacent to an activating group) is 1. The van der Waals surface area contributed by atoms with Crippen LogP contribution in [0.5, 0.6) is 6.01 Å². The molecule has 42 heavy (non-hydrogen) atoms. The maximum Gasteiger partial charge on any atom is 0.319 e. The minimum Gasteiger partial charge on any atom is -0.462 e. The first kappa shape index (κ1) is 28.2. The van der Waals surface area contributed by atoms with Gasteiger partial charge >= 0.3 is 6.01 Å². The molecule has 2 atom stereocenters. The quantitative estimate of drug-likeness (QED) is 0.373. The third-order valence-electron chi connectivity index (χ3n) is 9.21. The average molecular weight is 565 g/mol. The summed E-state index contributed by atoms with van der Waals surface area (Å²) < 4.78 is 6.28. The topological polar surface area (TPSA) is 85.6 Å². The second-order valence-corrected chi connectivity index (χ2v) is 12.8. The highest BCUT2D eigenvalue weighted by molar-refractivity contribution is 5.93. The molecule has 2 fully saturated rings. The molecule has 1 aliphatic carbocycles. The number of ether oxygens (including phenoxy) is 1. The number of anilines is 1. The number of hydrogen-bond donors (Lipinski definition) is 0. The summed E-state index contributed by atoms with van der Waals surface area (Å²) in [6.07, 6.45) is 6.00. The van der Waals surface area contributed by atoms with Crippen LogP contribution in [0.25, 0.3) is 22.0 Å². The first-order chi connectivity index (χ1) is 20.3. The van der Waals surface area contributed by atoms with Crippen LogP contribution >= 0.6 is 0 Å². The van der Waals surface area contributed by atoms with Gasteiger partial charge in [-0.3, -0.25) is 4.79 Å². The summed E-state index contributed by atoms with van der Waals surface area (Å²) in [4.78, 5) is 28.7. The molecule has 1 aromatic heterocycles. The van der Waals surface area contributed by atoms with Gasteiger partial charge in [-0.2, -0.15) is 15.2 Å². The summed E-state index contributed by atoms with van der Waals surface area (Å²) in [5.74, 6) is 0.643. The normalized spacial score (nSPS) is 21.8. The first-order valence-corrected chi connectivity index (χ1v) is 15.1. The van der Waals surface area contributed by atoms with E-state index in [1.165, 1.54) is 29.2 Å². The molecule has 3 heterocycles. The highest BCUT2D eigenvalue weighted by Crippen LogP contribution is 2.42. The van der Waals surface area contributed by atoms with Crippen LogP contribution in [0.15, 0.2) is 49.1 Å². The highest BCUT2D eigenvalue weighted by Gasteiger charge is 2.32. The molecule has 0 spiro atoms. The molecule has 0 N–H and O–H groups in total. The zero-order valence-electron chi connectivity index (χ0n) is 25.0. The third-order valence-corrected chi connectivity index (χ3v) is 9.21. The lowest BCUT2D eigenvalue weighted by Gasteiger charge is -2.41. The number of hydrogen-bond acceptors (Lipinski definition) is 7. The van der Waals surface area contributed by atoms with Crippen LogP contribution in [0.3, 0.4) is 0 Å². The van der Waals surface area contributed by atoms with Gasteiger partial charge in [0.2, 0.25) is 5.91 Å². The minimum atomic E-state index is -0.245. The lowest BCUT2D eigenvalue weighted by atomic mass is 9.89. The van der Waals surface area contributed by atoms with Crippen LogP contribution in [-0.4, -0.2) is 77.6 Å². The largest absolute Gasteiger partial charge is 0.462 e. The Morgan fingerprint density at radius 3 is 2.79 bits per heavy atom. The molecule has 1 amide bonds. The van der Waals surface area contributed by atoms with Crippen LogP contribution in [0, 0.1) is 16.7 Å². The Balaban J connectivity index is 1.39. The molecule has 2 saturated heterocycles. The molecular formula is C34H40N6O2. The molecule has 3 aromatic rings. The standard InChI is InChI=1S/C34H40N6O2/c1-5-31(41)40-17-16-39(21-25(40)13-14-35)32-28-12-11-23(27-10-6-8-24-19-34(2,3)20-29(24)27)18-30(28)36-33(37-32)42-22-26-9-7-15-38(26)4/h5-6,8,10-12,18,25-26H,1,7,9,13,15-17,19-22H2,2-4H3/t25-,26-/m0/s1. The zero-order valence-corrected chi connectivity index (χ0v) is 25.0. The zero-order chi connectivity index (χ0) is 29.4. The van der Waals surface area contributed by atoms with Gasteiger partial charge in [-0.1, -0.05) is 44.7 Å². The summed E-state index contributed by atoms with van der Waals surface area (Å²) in [7, 11) is 2.14. The Labute approximate surface area is 248 Å². The number of aromatic nitrogens is 2. The Kier molecular flexibility index (Phi) is 7.63. The number of nitrogens with zero attached hydrogens (tertiary/aromatic N) is 6. The van der Waals surface area contributed by atoms with Gasteiger partial charge in [0.05, 0.1) is 24.0 Å². The molecule has 0 unspecified atom stereocenters. The van der Waals surface area contributed by atoms with E-state index in [9.17, 15) is 10.1 Å². The van der Waals surface area contributed by atoms with Crippen LogP contribution < -0.4 is 9.64 Å². The van der Waals surface area contributed by atoms with Gasteiger partial charge in [-0.05, 0) is 85.2 Å². The lowest BCUT2D eigenvalue weighted by Crippen LogP contribution is -2.55. The van der Waals surface area contributed by atoms with Crippen molar-refractivity contribution in [2.45, 2.75) is 58.0 Å². The fourth-order valence-corrected chi connectivity index (χ4v) is 7.00. The molecule has 218 valence electrons. The summed E-state index contributed by atoms with van der Waals surface area (Å²) in [6, 6.07) is 15.8. The SMILES string of the molecule is C=CC(=O)N1CCN(c2nc(OC[C@@H]3CCCN3C)nc3cc(-c4cccc5c4CC(C)(C)C5)ccc23)C[C@@H]1CC#N. The van der Waals surface area contributed by atoms with Crippen LogP contribution in [0.2, 0.25) is 0 Å². The predicted octanol–water partition coefficient (Wildman–Crippen LogP) is 5.01.